The van der Waals surface area contributed by atoms with Crippen molar-refractivity contribution in [1.29, 1.82) is 0 Å². The third kappa shape index (κ3) is 6.55. The lowest BCUT2D eigenvalue weighted by Gasteiger charge is -2.21. The summed E-state index contributed by atoms with van der Waals surface area (Å²) in [4.78, 5) is -0.0917. The molecule has 0 atom stereocenters. The Bertz CT molecular complexity index is 619. The minimum atomic E-state index is -4.50. The molecule has 126 valence electrons. The van der Waals surface area contributed by atoms with Crippen LogP contribution in [0.25, 0.3) is 0 Å². The van der Waals surface area contributed by atoms with Gasteiger partial charge in [0.1, 0.15) is 5.75 Å². The zero-order valence-corrected chi connectivity index (χ0v) is 13.7. The van der Waals surface area contributed by atoms with E-state index in [1.807, 2.05) is 20.8 Å². The number of sulfone groups is 1. The van der Waals surface area contributed by atoms with Crippen LogP contribution in [0.1, 0.15) is 20.8 Å². The number of rotatable bonds is 5. The number of ether oxygens (including phenoxy) is 1. The summed E-state index contributed by atoms with van der Waals surface area (Å²) in [6.07, 6.45) is -3.51. The van der Waals surface area contributed by atoms with Crippen molar-refractivity contribution in [3.05, 3.63) is 18.2 Å². The summed E-state index contributed by atoms with van der Waals surface area (Å²) in [5.74, 6) is -0.135. The summed E-state index contributed by atoms with van der Waals surface area (Å²) in [7, 11) is -3.53. The highest BCUT2D eigenvalue weighted by atomic mass is 32.2. The van der Waals surface area contributed by atoms with Crippen molar-refractivity contribution >= 4 is 15.5 Å². The lowest BCUT2D eigenvalue weighted by Crippen LogP contribution is -2.22. The number of hydrogen-bond donors (Lipinski definition) is 1. The fraction of sp³-hybridized carbons (Fsp3) is 0.571. The van der Waals surface area contributed by atoms with Crippen molar-refractivity contribution in [1.82, 2.24) is 0 Å². The Morgan fingerprint density at radius 3 is 2.23 bits per heavy atom. The van der Waals surface area contributed by atoms with Crippen LogP contribution in [0.2, 0.25) is 0 Å². The minimum absolute atomic E-state index is 0.0917. The molecule has 0 saturated heterocycles. The molecule has 1 N–H and O–H groups in total. The molecule has 0 amide bonds. The summed E-state index contributed by atoms with van der Waals surface area (Å²) >= 11 is 0. The van der Waals surface area contributed by atoms with Crippen molar-refractivity contribution in [2.75, 3.05) is 24.7 Å². The maximum Gasteiger partial charge on any atom is 0.422 e. The van der Waals surface area contributed by atoms with E-state index >= 15 is 0 Å². The number of nitrogens with one attached hydrogen (secondary N) is 1. The molecule has 8 heteroatoms. The number of halogens is 3. The Balaban J connectivity index is 3.08. The second-order valence-electron chi connectivity index (χ2n) is 6.25. The average molecular weight is 339 g/mol. The van der Waals surface area contributed by atoms with Gasteiger partial charge < -0.3 is 10.1 Å². The normalized spacial score (nSPS) is 13.0. The number of benzene rings is 1. The first-order valence-electron chi connectivity index (χ1n) is 6.55. The van der Waals surface area contributed by atoms with E-state index in [4.69, 9.17) is 4.74 Å². The Morgan fingerprint density at radius 1 is 1.18 bits per heavy atom. The molecular formula is C14H20F3NO3S. The van der Waals surface area contributed by atoms with Crippen molar-refractivity contribution in [2.45, 2.75) is 31.8 Å². The highest BCUT2D eigenvalue weighted by Gasteiger charge is 2.29. The first-order valence-corrected chi connectivity index (χ1v) is 8.45. The van der Waals surface area contributed by atoms with E-state index in [1.165, 1.54) is 12.1 Å². The number of hydrogen-bond acceptors (Lipinski definition) is 4. The standard InChI is InChI=1S/C14H20F3NO3S/c1-13(2,3)8-18-11-6-5-10(22(4,19)20)7-12(11)21-9-14(15,16)17/h5-7,18H,8-9H2,1-4H3. The number of anilines is 1. The number of alkyl halides is 3. The van der Waals surface area contributed by atoms with Gasteiger partial charge >= 0.3 is 6.18 Å². The van der Waals surface area contributed by atoms with Gasteiger partial charge in [0.05, 0.1) is 10.6 Å². The fourth-order valence-electron chi connectivity index (χ4n) is 1.52. The van der Waals surface area contributed by atoms with Crippen molar-refractivity contribution in [3.63, 3.8) is 0 Å². The van der Waals surface area contributed by atoms with E-state index in [1.54, 1.807) is 0 Å². The molecule has 0 radical (unpaired) electrons. The smallest absolute Gasteiger partial charge is 0.422 e. The lowest BCUT2D eigenvalue weighted by atomic mass is 9.97. The SMILES string of the molecule is CC(C)(C)CNc1ccc(S(C)(=O)=O)cc1OCC(F)(F)F. The second-order valence-corrected chi connectivity index (χ2v) is 8.26. The van der Waals surface area contributed by atoms with Crippen LogP contribution in [-0.2, 0) is 9.84 Å². The topological polar surface area (TPSA) is 55.4 Å². The van der Waals surface area contributed by atoms with E-state index in [-0.39, 0.29) is 16.1 Å². The third-order valence-corrected chi connectivity index (χ3v) is 3.69. The molecule has 1 aromatic rings. The van der Waals surface area contributed by atoms with E-state index in [9.17, 15) is 21.6 Å². The van der Waals surface area contributed by atoms with Crippen LogP contribution in [0.15, 0.2) is 23.1 Å². The molecule has 4 nitrogen and oxygen atoms in total. The maximum atomic E-state index is 12.3. The average Bonchev–Trinajstić information content (AvgIpc) is 2.31. The molecule has 0 bridgehead atoms. The van der Waals surface area contributed by atoms with E-state index in [0.29, 0.717) is 12.2 Å². The molecule has 0 aliphatic carbocycles. The van der Waals surface area contributed by atoms with E-state index in [0.717, 1.165) is 12.3 Å². The molecule has 1 rings (SSSR count). The Hall–Kier alpha value is -1.44. The monoisotopic (exact) mass is 339 g/mol. The molecule has 0 unspecified atom stereocenters. The van der Waals surface area contributed by atoms with Crippen molar-refractivity contribution < 1.29 is 26.3 Å². The molecule has 0 heterocycles. The zero-order valence-electron chi connectivity index (χ0n) is 12.9. The van der Waals surface area contributed by atoms with E-state index in [2.05, 4.69) is 5.32 Å². The molecular weight excluding hydrogens is 319 g/mol. The molecule has 0 aliphatic heterocycles. The van der Waals surface area contributed by atoms with Crippen LogP contribution in [0.3, 0.4) is 0 Å². The van der Waals surface area contributed by atoms with Gasteiger partial charge in [-0.3, -0.25) is 0 Å². The molecule has 0 saturated carbocycles. The van der Waals surface area contributed by atoms with Crippen LogP contribution in [0, 0.1) is 5.41 Å². The van der Waals surface area contributed by atoms with Gasteiger partial charge in [-0.05, 0) is 17.5 Å². The molecule has 1 aromatic carbocycles. The molecule has 0 spiro atoms. The molecule has 22 heavy (non-hydrogen) atoms. The van der Waals surface area contributed by atoms with Crippen molar-refractivity contribution in [3.8, 4) is 5.75 Å². The first kappa shape index (κ1) is 18.6. The van der Waals surface area contributed by atoms with Gasteiger partial charge in [-0.1, -0.05) is 20.8 Å². The van der Waals surface area contributed by atoms with Crippen LogP contribution in [0.4, 0.5) is 18.9 Å². The quantitative estimate of drug-likeness (QED) is 0.892. The van der Waals surface area contributed by atoms with Crippen LogP contribution in [-0.4, -0.2) is 34.0 Å². The predicted molar refractivity (Wildman–Crippen MR) is 79.0 cm³/mol. The van der Waals surface area contributed by atoms with Gasteiger partial charge in [-0.2, -0.15) is 13.2 Å². The van der Waals surface area contributed by atoms with Gasteiger partial charge in [0, 0.05) is 18.9 Å². The summed E-state index contributed by atoms with van der Waals surface area (Å²) in [6.45, 7) is 4.89. The zero-order chi connectivity index (χ0) is 17.2. The fourth-order valence-corrected chi connectivity index (χ4v) is 2.16. The van der Waals surface area contributed by atoms with Gasteiger partial charge in [0.15, 0.2) is 16.4 Å². The second kappa shape index (κ2) is 6.36. The summed E-state index contributed by atoms with van der Waals surface area (Å²) < 4.78 is 64.7. The summed E-state index contributed by atoms with van der Waals surface area (Å²) in [5, 5.41) is 2.98. The van der Waals surface area contributed by atoms with Crippen LogP contribution in [0.5, 0.6) is 5.75 Å². The summed E-state index contributed by atoms with van der Waals surface area (Å²) in [6, 6.07) is 3.85. The molecule has 0 fully saturated rings. The van der Waals surface area contributed by atoms with E-state index < -0.39 is 22.6 Å². The third-order valence-electron chi connectivity index (χ3n) is 2.58. The maximum absolute atomic E-state index is 12.3. The van der Waals surface area contributed by atoms with Gasteiger partial charge in [0.2, 0.25) is 0 Å². The largest absolute Gasteiger partial charge is 0.482 e. The van der Waals surface area contributed by atoms with Crippen molar-refractivity contribution in [2.24, 2.45) is 5.41 Å². The lowest BCUT2D eigenvalue weighted by molar-refractivity contribution is -0.153. The summed E-state index contributed by atoms with van der Waals surface area (Å²) in [5.41, 5.74) is 0.225. The highest BCUT2D eigenvalue weighted by molar-refractivity contribution is 7.90. The Kier molecular flexibility index (Phi) is 5.38. The highest BCUT2D eigenvalue weighted by Crippen LogP contribution is 2.30. The first-order chi connectivity index (χ1) is 9.78. The predicted octanol–water partition coefficient (Wildman–Crippen LogP) is 3.49. The van der Waals surface area contributed by atoms with Crippen LogP contribution < -0.4 is 10.1 Å². The Morgan fingerprint density at radius 2 is 1.77 bits per heavy atom. The van der Waals surface area contributed by atoms with Gasteiger partial charge in [-0.15, -0.1) is 0 Å². The molecule has 0 aliphatic rings. The van der Waals surface area contributed by atoms with Gasteiger partial charge in [-0.25, -0.2) is 8.42 Å². The minimum Gasteiger partial charge on any atom is -0.482 e. The van der Waals surface area contributed by atoms with Gasteiger partial charge in [0.25, 0.3) is 0 Å². The van der Waals surface area contributed by atoms with Crippen LogP contribution >= 0.6 is 0 Å². The molecule has 0 aromatic heterocycles. The Labute approximate surface area is 128 Å².